The highest BCUT2D eigenvalue weighted by Crippen LogP contribution is 2.02. The summed E-state index contributed by atoms with van der Waals surface area (Å²) >= 11 is 0. The summed E-state index contributed by atoms with van der Waals surface area (Å²) < 4.78 is 3.02. The fraction of sp³-hybridized carbons (Fsp3) is 0.200. The SMILES string of the molecule is Cn1nnnc1-n1cc(N)cn1. The van der Waals surface area contributed by atoms with Crippen LogP contribution in [0.3, 0.4) is 0 Å². The van der Waals surface area contributed by atoms with Crippen LogP contribution in [-0.2, 0) is 7.05 Å². The van der Waals surface area contributed by atoms with Gasteiger partial charge in [0.05, 0.1) is 18.1 Å². The van der Waals surface area contributed by atoms with Crippen molar-refractivity contribution >= 4 is 5.69 Å². The molecule has 2 rings (SSSR count). The van der Waals surface area contributed by atoms with Crippen molar-refractivity contribution in [3.05, 3.63) is 12.4 Å². The lowest BCUT2D eigenvalue weighted by Crippen LogP contribution is -2.04. The van der Waals surface area contributed by atoms with Gasteiger partial charge >= 0.3 is 0 Å². The summed E-state index contributed by atoms with van der Waals surface area (Å²) in [5, 5.41) is 14.8. The number of hydrogen-bond donors (Lipinski definition) is 1. The molecule has 0 aliphatic heterocycles. The van der Waals surface area contributed by atoms with Crippen LogP contribution in [-0.4, -0.2) is 30.0 Å². The minimum Gasteiger partial charge on any atom is -0.396 e. The molecule has 12 heavy (non-hydrogen) atoms. The molecule has 0 atom stereocenters. The van der Waals surface area contributed by atoms with Gasteiger partial charge in [0.1, 0.15) is 0 Å². The lowest BCUT2D eigenvalue weighted by Gasteiger charge is -1.94. The summed E-state index contributed by atoms with van der Waals surface area (Å²) in [5.74, 6) is 0.534. The predicted octanol–water partition coefficient (Wildman–Crippen LogP) is -1.02. The standard InChI is InChI=1S/C5H7N7/c1-11-5(8-9-10-11)12-3-4(6)2-7-12/h2-3H,6H2,1H3. The van der Waals surface area contributed by atoms with Gasteiger partial charge in [-0.05, 0) is 10.4 Å². The number of aryl methyl sites for hydroxylation is 1. The molecule has 0 aromatic carbocycles. The maximum atomic E-state index is 5.47. The third-order valence-electron chi connectivity index (χ3n) is 1.41. The van der Waals surface area contributed by atoms with E-state index in [9.17, 15) is 0 Å². The highest BCUT2D eigenvalue weighted by atomic mass is 15.6. The van der Waals surface area contributed by atoms with E-state index in [1.54, 1.807) is 13.2 Å². The van der Waals surface area contributed by atoms with Gasteiger partial charge in [-0.2, -0.15) is 5.10 Å². The fourth-order valence-electron chi connectivity index (χ4n) is 0.865. The van der Waals surface area contributed by atoms with Crippen LogP contribution >= 0.6 is 0 Å². The summed E-state index contributed by atoms with van der Waals surface area (Å²) in [5.41, 5.74) is 6.06. The normalized spacial score (nSPS) is 10.4. The summed E-state index contributed by atoms with van der Waals surface area (Å²) in [6.07, 6.45) is 3.18. The number of tetrazole rings is 1. The van der Waals surface area contributed by atoms with Gasteiger partial charge in [-0.3, -0.25) is 0 Å². The molecular formula is C5H7N7. The fourth-order valence-corrected chi connectivity index (χ4v) is 0.865. The quantitative estimate of drug-likeness (QED) is 0.584. The predicted molar refractivity (Wildman–Crippen MR) is 40.3 cm³/mol. The highest BCUT2D eigenvalue weighted by Gasteiger charge is 2.04. The van der Waals surface area contributed by atoms with Crippen molar-refractivity contribution < 1.29 is 0 Å². The zero-order valence-electron chi connectivity index (χ0n) is 6.42. The number of aromatic nitrogens is 6. The van der Waals surface area contributed by atoms with Crippen molar-refractivity contribution in [3.8, 4) is 5.95 Å². The molecule has 0 bridgehead atoms. The third kappa shape index (κ3) is 0.911. The molecule has 0 aliphatic rings. The zero-order chi connectivity index (χ0) is 8.55. The number of anilines is 1. The first-order chi connectivity index (χ1) is 5.77. The summed E-state index contributed by atoms with van der Waals surface area (Å²) in [6, 6.07) is 0. The van der Waals surface area contributed by atoms with Crippen LogP contribution < -0.4 is 5.73 Å². The Kier molecular flexibility index (Phi) is 1.29. The Morgan fingerprint density at radius 1 is 1.50 bits per heavy atom. The molecule has 0 radical (unpaired) electrons. The Bertz CT molecular complexity index is 386. The highest BCUT2D eigenvalue weighted by molar-refractivity contribution is 5.32. The van der Waals surface area contributed by atoms with Crippen LogP contribution in [0, 0.1) is 0 Å². The smallest absolute Gasteiger partial charge is 0.270 e. The molecule has 0 amide bonds. The van der Waals surface area contributed by atoms with E-state index in [0.717, 1.165) is 0 Å². The van der Waals surface area contributed by atoms with Crippen LogP contribution in [0.5, 0.6) is 0 Å². The van der Waals surface area contributed by atoms with E-state index >= 15 is 0 Å². The largest absolute Gasteiger partial charge is 0.396 e. The Balaban J connectivity index is 2.50. The van der Waals surface area contributed by atoms with Crippen LogP contribution in [0.2, 0.25) is 0 Å². The van der Waals surface area contributed by atoms with Gasteiger partial charge in [-0.1, -0.05) is 5.10 Å². The van der Waals surface area contributed by atoms with Gasteiger partial charge in [-0.25, -0.2) is 9.36 Å². The van der Waals surface area contributed by atoms with Crippen LogP contribution in [0.25, 0.3) is 5.95 Å². The van der Waals surface area contributed by atoms with Crippen LogP contribution in [0.1, 0.15) is 0 Å². The van der Waals surface area contributed by atoms with Crippen molar-refractivity contribution in [1.29, 1.82) is 0 Å². The van der Waals surface area contributed by atoms with E-state index in [4.69, 9.17) is 5.73 Å². The van der Waals surface area contributed by atoms with Gasteiger partial charge in [0.25, 0.3) is 5.95 Å². The minimum absolute atomic E-state index is 0.534. The lowest BCUT2D eigenvalue weighted by atomic mass is 10.6. The van der Waals surface area contributed by atoms with Gasteiger partial charge < -0.3 is 5.73 Å². The Labute approximate surface area is 67.8 Å². The first-order valence-corrected chi connectivity index (χ1v) is 3.30. The Morgan fingerprint density at radius 3 is 2.83 bits per heavy atom. The Hall–Kier alpha value is -1.92. The second-order valence-corrected chi connectivity index (χ2v) is 2.32. The van der Waals surface area contributed by atoms with Crippen molar-refractivity contribution in [3.63, 3.8) is 0 Å². The second-order valence-electron chi connectivity index (χ2n) is 2.32. The molecule has 2 heterocycles. The van der Waals surface area contributed by atoms with Crippen molar-refractivity contribution in [2.24, 2.45) is 7.05 Å². The van der Waals surface area contributed by atoms with Gasteiger partial charge in [0, 0.05) is 7.05 Å². The Morgan fingerprint density at radius 2 is 2.33 bits per heavy atom. The van der Waals surface area contributed by atoms with E-state index < -0.39 is 0 Å². The van der Waals surface area contributed by atoms with E-state index in [0.29, 0.717) is 11.6 Å². The van der Waals surface area contributed by atoms with E-state index in [1.165, 1.54) is 15.6 Å². The van der Waals surface area contributed by atoms with E-state index in [-0.39, 0.29) is 0 Å². The summed E-state index contributed by atoms with van der Waals surface area (Å²) in [4.78, 5) is 0. The number of nitrogen functional groups attached to an aromatic ring is 1. The van der Waals surface area contributed by atoms with E-state index in [2.05, 4.69) is 20.6 Å². The molecule has 62 valence electrons. The molecule has 0 aliphatic carbocycles. The molecule has 2 N–H and O–H groups in total. The molecule has 7 nitrogen and oxygen atoms in total. The van der Waals surface area contributed by atoms with E-state index in [1.807, 2.05) is 0 Å². The average Bonchev–Trinajstić information content (AvgIpc) is 2.58. The lowest BCUT2D eigenvalue weighted by molar-refractivity contribution is 0.672. The van der Waals surface area contributed by atoms with Gasteiger partial charge in [-0.15, -0.1) is 0 Å². The van der Waals surface area contributed by atoms with Crippen LogP contribution in [0.15, 0.2) is 12.4 Å². The van der Waals surface area contributed by atoms with Crippen molar-refractivity contribution in [1.82, 2.24) is 30.0 Å². The van der Waals surface area contributed by atoms with Crippen molar-refractivity contribution in [2.45, 2.75) is 0 Å². The molecule has 0 unspecified atom stereocenters. The van der Waals surface area contributed by atoms with Gasteiger partial charge in [0.2, 0.25) is 0 Å². The molecule has 2 aromatic heterocycles. The van der Waals surface area contributed by atoms with Crippen molar-refractivity contribution in [2.75, 3.05) is 5.73 Å². The summed E-state index contributed by atoms with van der Waals surface area (Å²) in [6.45, 7) is 0. The number of hydrogen-bond acceptors (Lipinski definition) is 5. The number of rotatable bonds is 1. The third-order valence-corrected chi connectivity index (χ3v) is 1.41. The maximum Gasteiger partial charge on any atom is 0.270 e. The summed E-state index contributed by atoms with van der Waals surface area (Å²) in [7, 11) is 1.73. The molecule has 0 fully saturated rings. The molecule has 0 saturated carbocycles. The zero-order valence-corrected chi connectivity index (χ0v) is 6.42. The average molecular weight is 165 g/mol. The molecular weight excluding hydrogens is 158 g/mol. The monoisotopic (exact) mass is 165 g/mol. The van der Waals surface area contributed by atoms with Gasteiger partial charge in [0.15, 0.2) is 0 Å². The van der Waals surface area contributed by atoms with Crippen LogP contribution in [0.4, 0.5) is 5.69 Å². The first kappa shape index (κ1) is 6.77. The first-order valence-electron chi connectivity index (χ1n) is 3.30. The maximum absolute atomic E-state index is 5.47. The molecule has 2 aromatic rings. The molecule has 0 saturated heterocycles. The molecule has 0 spiro atoms. The topological polar surface area (TPSA) is 87.4 Å². The molecule has 7 heteroatoms. The second kappa shape index (κ2) is 2.29. The number of nitrogens with two attached hydrogens (primary N) is 1. The minimum atomic E-state index is 0.534. The number of nitrogens with zero attached hydrogens (tertiary/aromatic N) is 6.